The Kier molecular flexibility index (Phi) is 8.33. The zero-order valence-corrected chi connectivity index (χ0v) is 20.7. The van der Waals surface area contributed by atoms with Crippen molar-refractivity contribution in [1.29, 1.82) is 0 Å². The molecule has 35 heavy (non-hydrogen) atoms. The summed E-state index contributed by atoms with van der Waals surface area (Å²) in [5, 5.41) is 15.0. The number of carboxylic acids is 1. The molecule has 1 saturated carbocycles. The number of aliphatic carboxylic acids is 1. The Bertz CT molecular complexity index is 1030. The number of carboxylic acid groups (broad SMARTS) is 1. The number of rotatable bonds is 9. The van der Waals surface area contributed by atoms with Gasteiger partial charge in [0.1, 0.15) is 12.6 Å². The summed E-state index contributed by atoms with van der Waals surface area (Å²) >= 11 is 1.59. The van der Waals surface area contributed by atoms with Crippen molar-refractivity contribution in [3.63, 3.8) is 0 Å². The topological polar surface area (TPSA) is 105 Å². The molecule has 186 valence electrons. The van der Waals surface area contributed by atoms with Gasteiger partial charge in [0.15, 0.2) is 0 Å². The summed E-state index contributed by atoms with van der Waals surface area (Å²) in [5.41, 5.74) is 4.56. The lowest BCUT2D eigenvalue weighted by atomic mass is 9.85. The molecule has 2 aromatic carbocycles. The van der Waals surface area contributed by atoms with Gasteiger partial charge in [-0.2, -0.15) is 11.8 Å². The van der Waals surface area contributed by atoms with Crippen molar-refractivity contribution in [2.24, 2.45) is 5.92 Å². The molecule has 0 heterocycles. The van der Waals surface area contributed by atoms with Crippen LogP contribution in [-0.4, -0.2) is 53.8 Å². The zero-order valence-electron chi connectivity index (χ0n) is 19.9. The number of fused-ring (bicyclic) bond motifs is 3. The first-order valence-corrected chi connectivity index (χ1v) is 13.5. The van der Waals surface area contributed by atoms with Gasteiger partial charge in [-0.15, -0.1) is 0 Å². The Morgan fingerprint density at radius 2 is 1.71 bits per heavy atom. The maximum absolute atomic E-state index is 13.0. The normalized spacial score (nSPS) is 19.8. The zero-order chi connectivity index (χ0) is 24.8. The Balaban J connectivity index is 1.36. The Labute approximate surface area is 210 Å². The molecule has 2 aliphatic rings. The molecule has 0 spiro atoms. The van der Waals surface area contributed by atoms with E-state index in [9.17, 15) is 19.5 Å². The van der Waals surface area contributed by atoms with Crippen molar-refractivity contribution < 1.29 is 24.2 Å². The van der Waals surface area contributed by atoms with Gasteiger partial charge < -0.3 is 20.5 Å². The number of ether oxygens (including phenoxy) is 1. The fourth-order valence-electron chi connectivity index (χ4n) is 5.13. The fourth-order valence-corrected chi connectivity index (χ4v) is 5.61. The number of hydrogen-bond donors (Lipinski definition) is 3. The second-order valence-corrected chi connectivity index (χ2v) is 10.2. The minimum absolute atomic E-state index is 0.0539. The number of nitrogens with one attached hydrogen (secondary N) is 2. The van der Waals surface area contributed by atoms with Crippen LogP contribution in [0.15, 0.2) is 48.5 Å². The number of benzene rings is 2. The van der Waals surface area contributed by atoms with Gasteiger partial charge >= 0.3 is 12.1 Å². The van der Waals surface area contributed by atoms with Crippen molar-refractivity contribution in [3.05, 3.63) is 59.7 Å². The first kappa shape index (κ1) is 25.1. The molecule has 0 saturated heterocycles. The van der Waals surface area contributed by atoms with Crippen LogP contribution in [-0.2, 0) is 14.3 Å². The van der Waals surface area contributed by atoms with Crippen LogP contribution in [0, 0.1) is 5.92 Å². The standard InChI is InChI=1S/C27H32N2O5S/c1-35-14-13-24(25(30)28-18-8-6-7-17(15-18)26(31)32)29-27(33)34-16-23-21-11-4-2-9-19(21)20-10-3-5-12-22(20)23/h2-5,9-12,17-18,23-24H,6-8,13-16H2,1H3,(H,28,30)(H,29,33)(H,31,32)/t17?,18?,24-/m1/s1. The lowest BCUT2D eigenvalue weighted by Crippen LogP contribution is -2.51. The van der Waals surface area contributed by atoms with Crippen molar-refractivity contribution >= 4 is 29.7 Å². The van der Waals surface area contributed by atoms with Crippen molar-refractivity contribution in [2.75, 3.05) is 18.6 Å². The summed E-state index contributed by atoms with van der Waals surface area (Å²) < 4.78 is 5.62. The minimum atomic E-state index is -0.820. The summed E-state index contributed by atoms with van der Waals surface area (Å²) in [6.07, 6.45) is 4.34. The summed E-state index contributed by atoms with van der Waals surface area (Å²) in [6.45, 7) is 0.180. The monoisotopic (exact) mass is 496 g/mol. The Morgan fingerprint density at radius 3 is 2.34 bits per heavy atom. The number of alkyl carbamates (subject to hydrolysis) is 1. The van der Waals surface area contributed by atoms with Gasteiger partial charge in [-0.3, -0.25) is 9.59 Å². The third-order valence-electron chi connectivity index (χ3n) is 6.93. The van der Waals surface area contributed by atoms with Crippen LogP contribution in [0.2, 0.25) is 0 Å². The van der Waals surface area contributed by atoms with Crippen LogP contribution in [0.25, 0.3) is 11.1 Å². The SMILES string of the molecule is CSCC[C@@H](NC(=O)OCC1c2ccccc2-c2ccccc21)C(=O)NC1CCCC(C(=O)O)C1. The minimum Gasteiger partial charge on any atom is -0.481 e. The van der Waals surface area contributed by atoms with Gasteiger partial charge in [0, 0.05) is 12.0 Å². The van der Waals surface area contributed by atoms with Crippen LogP contribution in [0.4, 0.5) is 4.79 Å². The number of thioether (sulfide) groups is 1. The van der Waals surface area contributed by atoms with E-state index in [0.29, 0.717) is 25.0 Å². The molecular formula is C27H32N2O5S. The molecular weight excluding hydrogens is 464 g/mol. The van der Waals surface area contributed by atoms with E-state index in [4.69, 9.17) is 4.74 Å². The third kappa shape index (κ3) is 5.99. The Morgan fingerprint density at radius 1 is 1.06 bits per heavy atom. The molecule has 2 aromatic rings. The molecule has 0 aliphatic heterocycles. The van der Waals surface area contributed by atoms with E-state index in [2.05, 4.69) is 34.9 Å². The molecule has 7 nitrogen and oxygen atoms in total. The quantitative estimate of drug-likeness (QED) is 0.475. The largest absolute Gasteiger partial charge is 0.481 e. The maximum Gasteiger partial charge on any atom is 0.407 e. The molecule has 1 fully saturated rings. The molecule has 3 N–H and O–H groups in total. The van der Waals surface area contributed by atoms with Crippen LogP contribution in [0.1, 0.15) is 49.1 Å². The third-order valence-corrected chi connectivity index (χ3v) is 7.58. The van der Waals surface area contributed by atoms with Crippen LogP contribution in [0.5, 0.6) is 0 Å². The van der Waals surface area contributed by atoms with Crippen LogP contribution < -0.4 is 10.6 Å². The van der Waals surface area contributed by atoms with E-state index < -0.39 is 24.0 Å². The van der Waals surface area contributed by atoms with E-state index in [1.807, 2.05) is 30.5 Å². The summed E-state index contributed by atoms with van der Waals surface area (Å²) in [4.78, 5) is 37.1. The van der Waals surface area contributed by atoms with Gasteiger partial charge in [0.2, 0.25) is 5.91 Å². The molecule has 0 radical (unpaired) electrons. The summed E-state index contributed by atoms with van der Waals surface area (Å²) in [5.74, 6) is -0.900. The molecule has 2 aliphatic carbocycles. The first-order chi connectivity index (χ1) is 17.0. The van der Waals surface area contributed by atoms with Gasteiger partial charge in [0.05, 0.1) is 5.92 Å². The molecule has 2 amide bonds. The Hall–Kier alpha value is -3.00. The van der Waals surface area contributed by atoms with Crippen molar-refractivity contribution in [1.82, 2.24) is 10.6 Å². The summed E-state index contributed by atoms with van der Waals surface area (Å²) in [6, 6.07) is 15.3. The van der Waals surface area contributed by atoms with Crippen LogP contribution in [0.3, 0.4) is 0 Å². The predicted octanol–water partition coefficient (Wildman–Crippen LogP) is 4.41. The second-order valence-electron chi connectivity index (χ2n) is 9.21. The smallest absolute Gasteiger partial charge is 0.407 e. The molecule has 2 unspecified atom stereocenters. The number of amides is 2. The predicted molar refractivity (Wildman–Crippen MR) is 137 cm³/mol. The van der Waals surface area contributed by atoms with Gasteiger partial charge in [0.25, 0.3) is 0 Å². The number of carbonyl (C=O) groups is 3. The first-order valence-electron chi connectivity index (χ1n) is 12.1. The molecule has 0 aromatic heterocycles. The van der Waals surface area contributed by atoms with E-state index in [0.717, 1.165) is 35.1 Å². The molecule has 4 rings (SSSR count). The van der Waals surface area contributed by atoms with E-state index >= 15 is 0 Å². The maximum atomic E-state index is 13.0. The van der Waals surface area contributed by atoms with Gasteiger partial charge in [-0.1, -0.05) is 55.0 Å². The highest BCUT2D eigenvalue weighted by Crippen LogP contribution is 2.44. The van der Waals surface area contributed by atoms with Crippen molar-refractivity contribution in [2.45, 2.75) is 50.1 Å². The lowest BCUT2D eigenvalue weighted by molar-refractivity contribution is -0.143. The van der Waals surface area contributed by atoms with E-state index in [-0.39, 0.29) is 24.5 Å². The molecule has 3 atom stereocenters. The molecule has 8 heteroatoms. The average molecular weight is 497 g/mol. The fraction of sp³-hybridized carbons (Fsp3) is 0.444. The van der Waals surface area contributed by atoms with Crippen molar-refractivity contribution in [3.8, 4) is 11.1 Å². The number of carbonyl (C=O) groups excluding carboxylic acids is 2. The van der Waals surface area contributed by atoms with Crippen LogP contribution >= 0.6 is 11.8 Å². The van der Waals surface area contributed by atoms with E-state index in [1.165, 1.54) is 0 Å². The van der Waals surface area contributed by atoms with E-state index in [1.54, 1.807) is 11.8 Å². The number of hydrogen-bond acceptors (Lipinski definition) is 5. The summed E-state index contributed by atoms with van der Waals surface area (Å²) in [7, 11) is 0. The lowest BCUT2D eigenvalue weighted by Gasteiger charge is -2.29. The molecule has 0 bridgehead atoms. The van der Waals surface area contributed by atoms with Gasteiger partial charge in [-0.25, -0.2) is 4.79 Å². The second kappa shape index (κ2) is 11.6. The average Bonchev–Trinajstić information content (AvgIpc) is 3.19. The highest BCUT2D eigenvalue weighted by molar-refractivity contribution is 7.98. The highest BCUT2D eigenvalue weighted by atomic mass is 32.2. The van der Waals surface area contributed by atoms with Gasteiger partial charge in [-0.05, 0) is 59.9 Å². The highest BCUT2D eigenvalue weighted by Gasteiger charge is 2.32.